The van der Waals surface area contributed by atoms with Gasteiger partial charge in [-0.25, -0.2) is 14.4 Å². The maximum absolute atomic E-state index is 10.3. The van der Waals surface area contributed by atoms with Crippen LogP contribution in [0.25, 0.3) is 0 Å². The van der Waals surface area contributed by atoms with Crippen LogP contribution in [0.2, 0.25) is 0 Å². The molecule has 0 aliphatic rings. The predicted octanol–water partition coefficient (Wildman–Crippen LogP) is -1.46. The van der Waals surface area contributed by atoms with Crippen molar-refractivity contribution in [3.05, 3.63) is 35.4 Å². The molecule has 11 nitrogen and oxygen atoms in total. The van der Waals surface area contributed by atoms with E-state index in [1.807, 2.05) is 0 Å². The third-order valence-corrected chi connectivity index (χ3v) is 2.66. The Morgan fingerprint density at radius 3 is 1.07 bits per heavy atom. The summed E-state index contributed by atoms with van der Waals surface area (Å²) in [6.07, 6.45) is -2.29. The minimum absolute atomic E-state index is 0. The number of carboxylic acids is 5. The number of benzene rings is 1. The van der Waals surface area contributed by atoms with Crippen molar-refractivity contribution in [2.24, 2.45) is 0 Å². The number of aliphatic carboxylic acids is 3. The van der Waals surface area contributed by atoms with Crippen molar-refractivity contribution in [2.75, 3.05) is 0 Å². The molecular formula is C14H16Na2O11. The van der Waals surface area contributed by atoms with Crippen molar-refractivity contribution < 1.29 is 54.6 Å². The van der Waals surface area contributed by atoms with E-state index in [4.69, 9.17) is 30.6 Å². The Balaban J connectivity index is -0.000000398. The van der Waals surface area contributed by atoms with Gasteiger partial charge in [0.15, 0.2) is 5.60 Å². The fourth-order valence-electron chi connectivity index (χ4n) is 1.47. The molecule has 0 saturated heterocycles. The van der Waals surface area contributed by atoms with Crippen molar-refractivity contribution in [1.82, 2.24) is 0 Å². The Bertz CT molecular complexity index is 636. The molecule has 0 spiro atoms. The summed E-state index contributed by atoms with van der Waals surface area (Å²) in [7, 11) is 0. The molecule has 6 N–H and O–H groups in total. The van der Waals surface area contributed by atoms with Gasteiger partial charge in [0.1, 0.15) is 0 Å². The van der Waals surface area contributed by atoms with Gasteiger partial charge in [0, 0.05) is 0 Å². The molecule has 140 valence electrons. The van der Waals surface area contributed by atoms with E-state index in [-0.39, 0.29) is 70.2 Å². The average Bonchev–Trinajstić information content (AvgIpc) is 2.46. The number of carbonyl (C=O) groups is 5. The Kier molecular flexibility index (Phi) is 15.3. The molecule has 0 aromatic heterocycles. The second kappa shape index (κ2) is 13.7. The second-order valence-corrected chi connectivity index (χ2v) is 4.67. The fourth-order valence-corrected chi connectivity index (χ4v) is 1.47. The summed E-state index contributed by atoms with van der Waals surface area (Å²) in [5.41, 5.74) is -2.57. The molecule has 13 heteroatoms. The molecule has 0 aliphatic heterocycles. The second-order valence-electron chi connectivity index (χ2n) is 4.67. The average molecular weight is 406 g/mol. The molecule has 0 amide bonds. The number of rotatable bonds is 7. The Hall–Kier alpha value is -1.47. The molecule has 0 unspecified atom stereocenters. The van der Waals surface area contributed by atoms with Gasteiger partial charge in [0.05, 0.1) is 24.0 Å². The molecule has 1 aromatic carbocycles. The van der Waals surface area contributed by atoms with Crippen molar-refractivity contribution in [1.29, 1.82) is 0 Å². The van der Waals surface area contributed by atoms with Gasteiger partial charge in [-0.1, -0.05) is 0 Å². The van der Waals surface area contributed by atoms with E-state index >= 15 is 0 Å². The molecule has 0 fully saturated rings. The van der Waals surface area contributed by atoms with Crippen LogP contribution in [0.4, 0.5) is 0 Å². The number of carboxylic acid groups (broad SMARTS) is 5. The van der Waals surface area contributed by atoms with Crippen LogP contribution in [0.15, 0.2) is 24.3 Å². The summed E-state index contributed by atoms with van der Waals surface area (Å²) in [6, 6.07) is 5.02. The summed E-state index contributed by atoms with van der Waals surface area (Å²) in [5, 5.41) is 50.7. The zero-order chi connectivity index (χ0) is 19.8. The van der Waals surface area contributed by atoms with E-state index < -0.39 is 48.3 Å². The first-order valence-electron chi connectivity index (χ1n) is 6.35. The van der Waals surface area contributed by atoms with Crippen LogP contribution in [0.3, 0.4) is 0 Å². The fraction of sp³-hybridized carbons (Fsp3) is 0.214. The standard InChI is InChI=1S/C8H6O4.C6H8O7.2Na.2H/c9-7(10)5-1-2-6(4-3-5)8(11)12;7-3(8)1-6(13,5(11)12)2-4(9)10;;;;/h1-4H,(H,9,10)(H,11,12);13H,1-2H2,(H,7,8)(H,9,10)(H,11,12);;;;. The van der Waals surface area contributed by atoms with E-state index in [9.17, 15) is 24.0 Å². The third-order valence-electron chi connectivity index (χ3n) is 2.66. The number of aliphatic hydroxyl groups is 1. The van der Waals surface area contributed by atoms with Crippen LogP contribution in [0, 0.1) is 0 Å². The zero-order valence-electron chi connectivity index (χ0n) is 12.4. The van der Waals surface area contributed by atoms with Crippen molar-refractivity contribution >= 4 is 89.0 Å². The number of hydrogen-bond donors (Lipinski definition) is 6. The van der Waals surface area contributed by atoms with Gasteiger partial charge in [0.2, 0.25) is 0 Å². The summed E-state index contributed by atoms with van der Waals surface area (Å²) in [6.45, 7) is 0. The first-order valence-corrected chi connectivity index (χ1v) is 6.35. The Morgan fingerprint density at radius 2 is 0.926 bits per heavy atom. The van der Waals surface area contributed by atoms with Crippen LogP contribution in [-0.4, -0.2) is 125 Å². The van der Waals surface area contributed by atoms with Gasteiger partial charge in [-0.15, -0.1) is 0 Å². The SMILES string of the molecule is O=C(O)CC(O)(CC(=O)O)C(=O)O.O=C(O)c1ccc(C(=O)O)cc1.[NaH].[NaH]. The molecule has 1 rings (SSSR count). The van der Waals surface area contributed by atoms with Crippen LogP contribution < -0.4 is 0 Å². The molecule has 0 aliphatic carbocycles. The molecular weight excluding hydrogens is 390 g/mol. The number of aromatic carboxylic acids is 2. The summed E-state index contributed by atoms with van der Waals surface area (Å²) in [4.78, 5) is 51.2. The van der Waals surface area contributed by atoms with Gasteiger partial charge in [-0.05, 0) is 24.3 Å². The monoisotopic (exact) mass is 406 g/mol. The van der Waals surface area contributed by atoms with Crippen LogP contribution in [0.5, 0.6) is 0 Å². The van der Waals surface area contributed by atoms with Gasteiger partial charge < -0.3 is 30.6 Å². The maximum atomic E-state index is 10.3. The Labute approximate surface area is 196 Å². The molecule has 0 heterocycles. The molecule has 0 saturated carbocycles. The van der Waals surface area contributed by atoms with Gasteiger partial charge in [-0.3, -0.25) is 9.59 Å². The third kappa shape index (κ3) is 11.8. The van der Waals surface area contributed by atoms with Gasteiger partial charge in [0.25, 0.3) is 0 Å². The summed E-state index contributed by atoms with van der Waals surface area (Å²) in [5.74, 6) is -7.14. The summed E-state index contributed by atoms with van der Waals surface area (Å²) < 4.78 is 0. The Morgan fingerprint density at radius 1 is 0.667 bits per heavy atom. The molecule has 0 atom stereocenters. The van der Waals surface area contributed by atoms with Gasteiger partial charge in [-0.2, -0.15) is 0 Å². The number of hydrogen-bond acceptors (Lipinski definition) is 6. The van der Waals surface area contributed by atoms with E-state index in [0.29, 0.717) is 0 Å². The first kappa shape index (κ1) is 30.3. The van der Waals surface area contributed by atoms with Crippen LogP contribution in [0.1, 0.15) is 33.6 Å². The van der Waals surface area contributed by atoms with Crippen molar-refractivity contribution in [3.8, 4) is 0 Å². The molecule has 0 radical (unpaired) electrons. The summed E-state index contributed by atoms with van der Waals surface area (Å²) >= 11 is 0. The van der Waals surface area contributed by atoms with E-state index in [2.05, 4.69) is 0 Å². The first-order chi connectivity index (χ1) is 11.4. The van der Waals surface area contributed by atoms with Crippen LogP contribution in [-0.2, 0) is 14.4 Å². The quantitative estimate of drug-likeness (QED) is 0.288. The zero-order valence-corrected chi connectivity index (χ0v) is 12.4. The molecule has 1 aromatic rings. The van der Waals surface area contributed by atoms with Crippen LogP contribution >= 0.6 is 0 Å². The van der Waals surface area contributed by atoms with E-state index in [1.54, 1.807) is 0 Å². The van der Waals surface area contributed by atoms with Gasteiger partial charge >= 0.3 is 89.0 Å². The molecule has 27 heavy (non-hydrogen) atoms. The topological polar surface area (TPSA) is 207 Å². The normalized spacial score (nSPS) is 9.37. The van der Waals surface area contributed by atoms with Crippen molar-refractivity contribution in [3.63, 3.8) is 0 Å². The van der Waals surface area contributed by atoms with E-state index in [1.165, 1.54) is 24.3 Å². The van der Waals surface area contributed by atoms with E-state index in [0.717, 1.165) is 0 Å². The molecule has 0 bridgehead atoms. The predicted molar refractivity (Wildman–Crippen MR) is 91.7 cm³/mol. The minimum atomic E-state index is -2.74. The van der Waals surface area contributed by atoms with Crippen molar-refractivity contribution in [2.45, 2.75) is 18.4 Å².